The molecule has 0 aromatic carbocycles. The Bertz CT molecular complexity index is 827. The number of ether oxygens (including phenoxy) is 2. The highest BCUT2D eigenvalue weighted by molar-refractivity contribution is 6.09. The van der Waals surface area contributed by atoms with Gasteiger partial charge in [-0.1, -0.05) is 20.8 Å². The van der Waals surface area contributed by atoms with Crippen LogP contribution < -0.4 is 0 Å². The first-order valence-corrected chi connectivity index (χ1v) is 10.3. The largest absolute Gasteiger partial charge is 0.463 e. The summed E-state index contributed by atoms with van der Waals surface area (Å²) in [5.74, 6) is -1.30. The Morgan fingerprint density at radius 3 is 2.59 bits per heavy atom. The van der Waals surface area contributed by atoms with Crippen LogP contribution in [0, 0.1) is 11.3 Å². The number of nitrogens with zero attached hydrogens (tertiary/aromatic N) is 2. The van der Waals surface area contributed by atoms with Gasteiger partial charge in [0.1, 0.15) is 12.5 Å². The minimum absolute atomic E-state index is 0.0680. The van der Waals surface area contributed by atoms with Crippen LogP contribution in [-0.2, 0) is 19.1 Å². The first-order valence-electron chi connectivity index (χ1n) is 10.3. The summed E-state index contributed by atoms with van der Waals surface area (Å²) < 4.78 is 10.9. The van der Waals surface area contributed by atoms with Crippen LogP contribution in [0.2, 0.25) is 0 Å². The molecule has 0 bridgehead atoms. The van der Waals surface area contributed by atoms with Crippen molar-refractivity contribution in [3.63, 3.8) is 0 Å². The molecule has 0 fully saturated rings. The highest BCUT2D eigenvalue weighted by Gasteiger charge is 2.45. The number of ketones is 1. The molecule has 29 heavy (non-hydrogen) atoms. The third-order valence-electron chi connectivity index (χ3n) is 5.44. The summed E-state index contributed by atoms with van der Waals surface area (Å²) in [7, 11) is 0. The van der Waals surface area contributed by atoms with Gasteiger partial charge in [-0.05, 0) is 42.9 Å². The lowest BCUT2D eigenvalue weighted by Crippen LogP contribution is -2.39. The van der Waals surface area contributed by atoms with Gasteiger partial charge in [0.25, 0.3) is 0 Å². The van der Waals surface area contributed by atoms with Gasteiger partial charge in [0.05, 0.1) is 6.61 Å². The van der Waals surface area contributed by atoms with E-state index in [2.05, 4.69) is 18.8 Å². The molecular weight excluding hydrogens is 368 g/mol. The van der Waals surface area contributed by atoms with Crippen LogP contribution in [0.4, 0.5) is 0 Å². The Morgan fingerprint density at radius 2 is 1.90 bits per heavy atom. The number of carbonyl (C=O) groups is 2. The number of aromatic nitrogens is 1. The SMILES string of the molecule is CCCOCCOC(=O)C1C(C)=NC2=C(C(=O)CC(C)(C)C2)[C@H]1c1ccncc1. The van der Waals surface area contributed by atoms with Crippen LogP contribution in [0.3, 0.4) is 0 Å². The second-order valence-corrected chi connectivity index (χ2v) is 8.57. The monoisotopic (exact) mass is 398 g/mol. The number of carbonyl (C=O) groups excluding carboxylic acids is 2. The van der Waals surface area contributed by atoms with E-state index in [9.17, 15) is 9.59 Å². The zero-order valence-electron chi connectivity index (χ0n) is 17.7. The first kappa shape index (κ1) is 21.4. The number of pyridine rings is 1. The van der Waals surface area contributed by atoms with E-state index in [1.807, 2.05) is 26.0 Å². The predicted molar refractivity (Wildman–Crippen MR) is 111 cm³/mol. The molecule has 0 radical (unpaired) electrons. The molecule has 1 aliphatic heterocycles. The Labute approximate surface area is 172 Å². The van der Waals surface area contributed by atoms with Gasteiger partial charge in [0.15, 0.2) is 5.78 Å². The third kappa shape index (κ3) is 4.81. The summed E-state index contributed by atoms with van der Waals surface area (Å²) in [5.41, 5.74) is 2.91. The second-order valence-electron chi connectivity index (χ2n) is 8.57. The van der Waals surface area contributed by atoms with Crippen LogP contribution in [-0.4, -0.2) is 42.3 Å². The van der Waals surface area contributed by atoms with Gasteiger partial charge in [0.2, 0.25) is 0 Å². The smallest absolute Gasteiger partial charge is 0.315 e. The molecule has 2 heterocycles. The van der Waals surface area contributed by atoms with E-state index in [0.29, 0.717) is 30.9 Å². The van der Waals surface area contributed by atoms with Crippen molar-refractivity contribution < 1.29 is 19.1 Å². The highest BCUT2D eigenvalue weighted by Crippen LogP contribution is 2.47. The van der Waals surface area contributed by atoms with Crippen molar-refractivity contribution in [3.05, 3.63) is 41.4 Å². The minimum atomic E-state index is -0.618. The van der Waals surface area contributed by atoms with Crippen LogP contribution in [0.15, 0.2) is 40.8 Å². The standard InChI is InChI=1S/C23H30N2O4/c1-5-10-28-11-12-29-22(27)19-15(2)25-17-13-23(3,4)14-18(26)21(17)20(19)16-6-8-24-9-7-16/h6-9,19-20H,5,10-14H2,1-4H3/t19?,20-/m0/s1. The fourth-order valence-electron chi connectivity index (χ4n) is 4.22. The van der Waals surface area contributed by atoms with E-state index < -0.39 is 11.8 Å². The molecule has 2 atom stereocenters. The Kier molecular flexibility index (Phi) is 6.63. The topological polar surface area (TPSA) is 77.9 Å². The predicted octanol–water partition coefficient (Wildman–Crippen LogP) is 3.87. The number of allylic oxidation sites excluding steroid dienone is 2. The van der Waals surface area contributed by atoms with Crippen molar-refractivity contribution in [3.8, 4) is 0 Å². The molecule has 2 aliphatic rings. The lowest BCUT2D eigenvalue weighted by molar-refractivity contribution is -0.148. The third-order valence-corrected chi connectivity index (χ3v) is 5.44. The number of aliphatic imine (C=N–C) groups is 1. The number of hydrogen-bond donors (Lipinski definition) is 0. The van der Waals surface area contributed by atoms with E-state index in [0.717, 1.165) is 24.1 Å². The van der Waals surface area contributed by atoms with Gasteiger partial charge in [0, 0.05) is 48.3 Å². The summed E-state index contributed by atoms with van der Waals surface area (Å²) in [6.07, 6.45) is 5.47. The van der Waals surface area contributed by atoms with Crippen LogP contribution in [0.1, 0.15) is 58.4 Å². The summed E-state index contributed by atoms with van der Waals surface area (Å²) in [5, 5.41) is 0. The molecule has 1 aromatic heterocycles. The molecule has 3 rings (SSSR count). The normalized spacial score (nSPS) is 23.4. The lowest BCUT2D eigenvalue weighted by Gasteiger charge is -2.38. The summed E-state index contributed by atoms with van der Waals surface area (Å²) in [6.45, 7) is 9.24. The van der Waals surface area contributed by atoms with Crippen molar-refractivity contribution in [2.45, 2.75) is 52.9 Å². The number of rotatable bonds is 7. The summed E-state index contributed by atoms with van der Waals surface area (Å²) in [4.78, 5) is 34.9. The van der Waals surface area contributed by atoms with E-state index in [1.54, 1.807) is 12.4 Å². The quantitative estimate of drug-likeness (QED) is 0.515. The first-order chi connectivity index (χ1) is 13.8. The Morgan fingerprint density at radius 1 is 1.17 bits per heavy atom. The van der Waals surface area contributed by atoms with E-state index in [-0.39, 0.29) is 23.8 Å². The van der Waals surface area contributed by atoms with Gasteiger partial charge in [-0.15, -0.1) is 0 Å². The van der Waals surface area contributed by atoms with Gasteiger partial charge >= 0.3 is 5.97 Å². The van der Waals surface area contributed by atoms with Crippen molar-refractivity contribution in [1.29, 1.82) is 0 Å². The van der Waals surface area contributed by atoms with Gasteiger partial charge in [-0.25, -0.2) is 0 Å². The number of hydrogen-bond acceptors (Lipinski definition) is 6. The molecule has 1 unspecified atom stereocenters. The van der Waals surface area contributed by atoms with E-state index >= 15 is 0 Å². The van der Waals surface area contributed by atoms with Crippen LogP contribution >= 0.6 is 0 Å². The molecule has 1 aromatic rings. The molecule has 0 saturated heterocycles. The van der Waals surface area contributed by atoms with Crippen LogP contribution in [0.5, 0.6) is 0 Å². The zero-order valence-corrected chi connectivity index (χ0v) is 17.7. The maximum atomic E-state index is 13.1. The van der Waals surface area contributed by atoms with Gasteiger partial charge in [-0.2, -0.15) is 0 Å². The highest BCUT2D eigenvalue weighted by atomic mass is 16.6. The van der Waals surface area contributed by atoms with Gasteiger partial charge < -0.3 is 9.47 Å². The van der Waals surface area contributed by atoms with E-state index in [1.165, 1.54) is 0 Å². The maximum Gasteiger partial charge on any atom is 0.315 e. The zero-order chi connectivity index (χ0) is 21.0. The van der Waals surface area contributed by atoms with Gasteiger partial charge in [-0.3, -0.25) is 19.6 Å². The number of Topliss-reactive ketones (excluding diaryl/α,β-unsaturated/α-hetero) is 1. The lowest BCUT2D eigenvalue weighted by atomic mass is 9.67. The second kappa shape index (κ2) is 8.99. The molecule has 6 heteroatoms. The van der Waals surface area contributed by atoms with Crippen molar-refractivity contribution in [1.82, 2.24) is 4.98 Å². The molecule has 0 spiro atoms. The minimum Gasteiger partial charge on any atom is -0.463 e. The molecule has 0 amide bonds. The molecule has 0 saturated carbocycles. The fourth-order valence-corrected chi connectivity index (χ4v) is 4.22. The fraction of sp³-hybridized carbons (Fsp3) is 0.565. The average Bonchev–Trinajstić information content (AvgIpc) is 2.66. The molecule has 0 N–H and O–H groups in total. The van der Waals surface area contributed by atoms with Crippen molar-refractivity contribution in [2.24, 2.45) is 16.3 Å². The maximum absolute atomic E-state index is 13.1. The summed E-state index contributed by atoms with van der Waals surface area (Å²) in [6, 6.07) is 3.73. The Balaban J connectivity index is 1.92. The molecular formula is C23H30N2O4. The average molecular weight is 399 g/mol. The van der Waals surface area contributed by atoms with E-state index in [4.69, 9.17) is 14.5 Å². The Hall–Kier alpha value is -2.34. The summed E-state index contributed by atoms with van der Waals surface area (Å²) >= 11 is 0. The molecule has 6 nitrogen and oxygen atoms in total. The van der Waals surface area contributed by atoms with Crippen LogP contribution in [0.25, 0.3) is 0 Å². The number of esters is 1. The van der Waals surface area contributed by atoms with Crippen molar-refractivity contribution >= 4 is 17.5 Å². The molecule has 1 aliphatic carbocycles. The van der Waals surface area contributed by atoms with Crippen molar-refractivity contribution in [2.75, 3.05) is 19.8 Å². The molecule has 156 valence electrons.